The molecule has 0 fully saturated rings. The van der Waals surface area contributed by atoms with Crippen LogP contribution in [0.25, 0.3) is 16.6 Å². The highest BCUT2D eigenvalue weighted by Gasteiger charge is 2.25. The highest BCUT2D eigenvalue weighted by Crippen LogP contribution is 2.29. The van der Waals surface area contributed by atoms with E-state index in [2.05, 4.69) is 4.98 Å². The van der Waals surface area contributed by atoms with Crippen LogP contribution < -0.4 is 10.5 Å². The van der Waals surface area contributed by atoms with Gasteiger partial charge in [0.05, 0.1) is 27.4 Å². The Labute approximate surface area is 192 Å². The molecule has 1 amide bonds. The summed E-state index contributed by atoms with van der Waals surface area (Å²) >= 11 is 7.14. The van der Waals surface area contributed by atoms with Gasteiger partial charge >= 0.3 is 0 Å². The second-order valence-electron chi connectivity index (χ2n) is 7.36. The molecule has 1 aliphatic heterocycles. The maximum atomic E-state index is 13.7. The van der Waals surface area contributed by atoms with Gasteiger partial charge in [-0.25, -0.2) is 9.37 Å². The molecule has 0 saturated carbocycles. The lowest BCUT2D eigenvalue weighted by molar-refractivity contribution is -0.116. The lowest BCUT2D eigenvalue weighted by Gasteiger charge is -2.18. The Morgan fingerprint density at radius 2 is 1.88 bits per heavy atom. The van der Waals surface area contributed by atoms with Gasteiger partial charge in [0.25, 0.3) is 5.56 Å². The SMILES string of the molecule is O=C(CSc1nc2ccccc2c(=O)n1-c1ccc(F)c(Cl)c1)N1CCc2ccccc21. The predicted octanol–water partition coefficient (Wildman–Crippen LogP) is 4.86. The van der Waals surface area contributed by atoms with Gasteiger partial charge in [0, 0.05) is 12.2 Å². The Balaban J connectivity index is 1.52. The lowest BCUT2D eigenvalue weighted by atomic mass is 10.2. The van der Waals surface area contributed by atoms with Crippen molar-refractivity contribution in [3.05, 3.63) is 93.5 Å². The Morgan fingerprint density at radius 1 is 1.09 bits per heavy atom. The largest absolute Gasteiger partial charge is 0.311 e. The molecule has 8 heteroatoms. The van der Waals surface area contributed by atoms with E-state index in [9.17, 15) is 14.0 Å². The van der Waals surface area contributed by atoms with Crippen molar-refractivity contribution >= 4 is 45.9 Å². The Hall–Kier alpha value is -3.16. The number of amides is 1. The number of benzene rings is 3. The Morgan fingerprint density at radius 3 is 2.72 bits per heavy atom. The third-order valence-corrected chi connectivity index (χ3v) is 6.63. The van der Waals surface area contributed by atoms with Gasteiger partial charge in [-0.15, -0.1) is 0 Å². The number of hydrogen-bond donors (Lipinski definition) is 0. The van der Waals surface area contributed by atoms with Crippen LogP contribution in [0.15, 0.2) is 76.7 Å². The molecule has 0 unspecified atom stereocenters. The zero-order chi connectivity index (χ0) is 22.2. The van der Waals surface area contributed by atoms with E-state index in [1.54, 1.807) is 29.2 Å². The van der Waals surface area contributed by atoms with Gasteiger partial charge in [0.15, 0.2) is 5.16 Å². The summed E-state index contributed by atoms with van der Waals surface area (Å²) < 4.78 is 15.1. The van der Waals surface area contributed by atoms with Gasteiger partial charge in [-0.2, -0.15) is 0 Å². The predicted molar refractivity (Wildman–Crippen MR) is 126 cm³/mol. The van der Waals surface area contributed by atoms with Gasteiger partial charge in [0.1, 0.15) is 5.82 Å². The molecule has 5 rings (SSSR count). The van der Waals surface area contributed by atoms with Gasteiger partial charge in [-0.05, 0) is 48.4 Å². The second kappa shape index (κ2) is 8.41. The fraction of sp³-hybridized carbons (Fsp3) is 0.125. The van der Waals surface area contributed by atoms with Crippen molar-refractivity contribution in [1.82, 2.24) is 9.55 Å². The monoisotopic (exact) mass is 465 g/mol. The minimum atomic E-state index is -0.575. The fourth-order valence-electron chi connectivity index (χ4n) is 3.86. The maximum Gasteiger partial charge on any atom is 0.266 e. The molecule has 4 aromatic rings. The third-order valence-electron chi connectivity index (χ3n) is 5.42. The van der Waals surface area contributed by atoms with Crippen molar-refractivity contribution < 1.29 is 9.18 Å². The summed E-state index contributed by atoms with van der Waals surface area (Å²) in [5, 5.41) is 0.678. The van der Waals surface area contributed by atoms with Crippen molar-refractivity contribution in [2.24, 2.45) is 0 Å². The number of thioether (sulfide) groups is 1. The van der Waals surface area contributed by atoms with E-state index >= 15 is 0 Å². The number of carbonyl (C=O) groups excluding carboxylic acids is 1. The number of rotatable bonds is 4. The molecule has 32 heavy (non-hydrogen) atoms. The molecule has 1 aliphatic rings. The molecular weight excluding hydrogens is 449 g/mol. The second-order valence-corrected chi connectivity index (χ2v) is 8.71. The number of nitrogens with zero attached hydrogens (tertiary/aromatic N) is 3. The van der Waals surface area contributed by atoms with E-state index in [1.165, 1.54) is 34.5 Å². The zero-order valence-electron chi connectivity index (χ0n) is 16.8. The van der Waals surface area contributed by atoms with Crippen LogP contribution in [0.3, 0.4) is 0 Å². The average Bonchev–Trinajstić information content (AvgIpc) is 3.24. The Bertz CT molecular complexity index is 1420. The number of halogens is 2. The minimum Gasteiger partial charge on any atom is -0.311 e. The van der Waals surface area contributed by atoms with Crippen LogP contribution in [0.1, 0.15) is 5.56 Å². The van der Waals surface area contributed by atoms with Crippen LogP contribution in [0.5, 0.6) is 0 Å². The van der Waals surface area contributed by atoms with Crippen molar-refractivity contribution in [2.45, 2.75) is 11.6 Å². The van der Waals surface area contributed by atoms with Crippen LogP contribution in [-0.2, 0) is 11.2 Å². The first-order valence-electron chi connectivity index (χ1n) is 10.0. The maximum absolute atomic E-state index is 13.7. The van der Waals surface area contributed by atoms with Crippen LogP contribution in [0, 0.1) is 5.82 Å². The van der Waals surface area contributed by atoms with Crippen LogP contribution in [0.2, 0.25) is 5.02 Å². The van der Waals surface area contributed by atoms with E-state index < -0.39 is 5.82 Å². The van der Waals surface area contributed by atoms with Gasteiger partial charge in [0.2, 0.25) is 5.91 Å². The van der Waals surface area contributed by atoms with Gasteiger partial charge in [-0.1, -0.05) is 53.7 Å². The average molecular weight is 466 g/mol. The smallest absolute Gasteiger partial charge is 0.266 e. The van der Waals surface area contributed by atoms with Crippen molar-refractivity contribution in [3.8, 4) is 5.69 Å². The van der Waals surface area contributed by atoms with E-state index in [0.29, 0.717) is 28.3 Å². The standard InChI is InChI=1S/C24H17ClFN3O2S/c25-18-13-16(9-10-19(18)26)29-23(31)17-6-2-3-7-20(17)27-24(29)32-14-22(30)28-12-11-15-5-1-4-8-21(15)28/h1-10,13H,11-12,14H2. The number of aromatic nitrogens is 2. The zero-order valence-corrected chi connectivity index (χ0v) is 18.4. The molecule has 0 saturated heterocycles. The first-order valence-corrected chi connectivity index (χ1v) is 11.4. The van der Waals surface area contributed by atoms with E-state index in [4.69, 9.17) is 11.6 Å². The summed E-state index contributed by atoms with van der Waals surface area (Å²) in [6.07, 6.45) is 0.819. The molecule has 0 bridgehead atoms. The van der Waals surface area contributed by atoms with Crippen LogP contribution in [-0.4, -0.2) is 27.8 Å². The van der Waals surface area contributed by atoms with Crippen LogP contribution in [0.4, 0.5) is 10.1 Å². The van der Waals surface area contributed by atoms with Gasteiger partial charge < -0.3 is 4.90 Å². The molecule has 3 aromatic carbocycles. The number of anilines is 1. The number of carbonyl (C=O) groups is 1. The molecule has 0 spiro atoms. The molecule has 2 heterocycles. The topological polar surface area (TPSA) is 55.2 Å². The molecule has 0 atom stereocenters. The van der Waals surface area contributed by atoms with Gasteiger partial charge in [-0.3, -0.25) is 14.2 Å². The normalized spacial score (nSPS) is 12.9. The molecule has 5 nitrogen and oxygen atoms in total. The van der Waals surface area contributed by atoms with E-state index in [-0.39, 0.29) is 22.2 Å². The summed E-state index contributed by atoms with van der Waals surface area (Å²) in [7, 11) is 0. The number of hydrogen-bond acceptors (Lipinski definition) is 4. The molecule has 0 aliphatic carbocycles. The van der Waals surface area contributed by atoms with Crippen LogP contribution >= 0.6 is 23.4 Å². The van der Waals surface area contributed by atoms with Crippen molar-refractivity contribution in [1.29, 1.82) is 0 Å². The fourth-order valence-corrected chi connectivity index (χ4v) is 4.93. The van der Waals surface area contributed by atoms with E-state index in [1.807, 2.05) is 24.3 Å². The molecule has 0 radical (unpaired) electrons. The van der Waals surface area contributed by atoms with E-state index in [0.717, 1.165) is 17.7 Å². The first kappa shape index (κ1) is 20.7. The summed E-state index contributed by atoms with van der Waals surface area (Å²) in [6, 6.07) is 18.9. The molecule has 0 N–H and O–H groups in total. The molecule has 1 aromatic heterocycles. The lowest BCUT2D eigenvalue weighted by Crippen LogP contribution is -2.31. The Kier molecular flexibility index (Phi) is 5.45. The highest BCUT2D eigenvalue weighted by molar-refractivity contribution is 7.99. The van der Waals surface area contributed by atoms with Crippen molar-refractivity contribution in [2.75, 3.05) is 17.2 Å². The minimum absolute atomic E-state index is 0.0638. The summed E-state index contributed by atoms with van der Waals surface area (Å²) in [5.74, 6) is -0.533. The molecule has 160 valence electrons. The number of para-hydroxylation sites is 2. The number of fused-ring (bicyclic) bond motifs is 2. The quantitative estimate of drug-likeness (QED) is 0.319. The third kappa shape index (κ3) is 3.67. The summed E-state index contributed by atoms with van der Waals surface area (Å²) in [4.78, 5) is 32.7. The first-order chi connectivity index (χ1) is 15.5. The summed E-state index contributed by atoms with van der Waals surface area (Å²) in [5.41, 5.74) is 2.68. The summed E-state index contributed by atoms with van der Waals surface area (Å²) in [6.45, 7) is 0.629. The van der Waals surface area contributed by atoms with Crippen molar-refractivity contribution in [3.63, 3.8) is 0 Å². The molecular formula is C24H17ClFN3O2S. The highest BCUT2D eigenvalue weighted by atomic mass is 35.5.